The number of halogens is 1. The summed E-state index contributed by atoms with van der Waals surface area (Å²) in [6.45, 7) is 0.455. The highest BCUT2D eigenvalue weighted by Crippen LogP contribution is 2.08. The fourth-order valence-electron chi connectivity index (χ4n) is 0.930. The van der Waals surface area contributed by atoms with Gasteiger partial charge in [-0.25, -0.2) is 0 Å². The van der Waals surface area contributed by atoms with Gasteiger partial charge in [-0.3, -0.25) is 4.79 Å². The third-order valence-corrected chi connectivity index (χ3v) is 1.55. The van der Waals surface area contributed by atoms with E-state index in [1.807, 2.05) is 30.3 Å². The lowest BCUT2D eigenvalue weighted by molar-refractivity contribution is -0.137. The second-order valence-electron chi connectivity index (χ2n) is 2.66. The van der Waals surface area contributed by atoms with E-state index in [0.29, 0.717) is 13.0 Å². The lowest BCUT2D eigenvalue weighted by atomic mass is 10.3. The third-order valence-electron chi connectivity index (χ3n) is 1.55. The quantitative estimate of drug-likeness (QED) is 0.769. The lowest BCUT2D eigenvalue weighted by Gasteiger charge is -2.03. The summed E-state index contributed by atoms with van der Waals surface area (Å²) >= 11 is 0. The maximum absolute atomic E-state index is 10.2. The van der Waals surface area contributed by atoms with Crippen molar-refractivity contribution in [1.29, 1.82) is 0 Å². The van der Waals surface area contributed by atoms with Gasteiger partial charge in [0.15, 0.2) is 0 Å². The van der Waals surface area contributed by atoms with E-state index in [9.17, 15) is 4.79 Å². The molecule has 14 heavy (non-hydrogen) atoms. The summed E-state index contributed by atoms with van der Waals surface area (Å²) in [5.41, 5.74) is 0. The fourth-order valence-corrected chi connectivity index (χ4v) is 0.930. The predicted molar refractivity (Wildman–Crippen MR) is 56.1 cm³/mol. The maximum Gasteiger partial charge on any atom is 0.303 e. The standard InChI is InChI=1S/C10H12O3.ClH/c11-10(12)7-4-8-13-9-5-2-1-3-6-9;/h1-3,5-6H,4,7-8H2,(H,11,12);1H. The van der Waals surface area contributed by atoms with Gasteiger partial charge >= 0.3 is 5.97 Å². The molecule has 3 nitrogen and oxygen atoms in total. The van der Waals surface area contributed by atoms with Crippen LogP contribution < -0.4 is 4.74 Å². The van der Waals surface area contributed by atoms with Crippen LogP contribution in [0.5, 0.6) is 5.75 Å². The molecule has 1 N–H and O–H groups in total. The number of aliphatic carboxylic acids is 1. The number of ether oxygens (including phenoxy) is 1. The van der Waals surface area contributed by atoms with Gasteiger partial charge in [-0.15, -0.1) is 12.4 Å². The van der Waals surface area contributed by atoms with Crippen LogP contribution in [0.3, 0.4) is 0 Å². The first-order chi connectivity index (χ1) is 6.29. The van der Waals surface area contributed by atoms with E-state index in [4.69, 9.17) is 9.84 Å². The Morgan fingerprint density at radius 2 is 1.93 bits per heavy atom. The zero-order chi connectivity index (χ0) is 9.52. The Morgan fingerprint density at radius 3 is 2.50 bits per heavy atom. The number of carboxylic acids is 1. The molecular formula is C10H13ClO3. The Labute approximate surface area is 89.1 Å². The minimum absolute atomic E-state index is 0. The summed E-state index contributed by atoms with van der Waals surface area (Å²) in [5, 5.41) is 8.36. The van der Waals surface area contributed by atoms with E-state index in [2.05, 4.69) is 0 Å². The van der Waals surface area contributed by atoms with Crippen LogP contribution in [0.25, 0.3) is 0 Å². The topological polar surface area (TPSA) is 46.5 Å². The molecule has 0 aromatic heterocycles. The second kappa shape index (κ2) is 7.21. The molecule has 0 bridgehead atoms. The molecule has 4 heteroatoms. The van der Waals surface area contributed by atoms with Gasteiger partial charge in [0.05, 0.1) is 6.61 Å². The normalized spacial score (nSPS) is 8.86. The molecule has 0 saturated heterocycles. The summed E-state index contributed by atoms with van der Waals surface area (Å²) < 4.78 is 5.29. The van der Waals surface area contributed by atoms with Gasteiger partial charge in [0, 0.05) is 6.42 Å². The Balaban J connectivity index is 0.00000169. The highest BCUT2D eigenvalue weighted by atomic mass is 35.5. The van der Waals surface area contributed by atoms with Gasteiger partial charge in [-0.2, -0.15) is 0 Å². The van der Waals surface area contributed by atoms with E-state index in [1.54, 1.807) is 0 Å². The molecule has 0 heterocycles. The predicted octanol–water partition coefficient (Wildman–Crippen LogP) is 2.35. The molecule has 0 fully saturated rings. The van der Waals surface area contributed by atoms with Crippen molar-refractivity contribution in [2.24, 2.45) is 0 Å². The van der Waals surface area contributed by atoms with Crippen LogP contribution in [-0.2, 0) is 4.79 Å². The fraction of sp³-hybridized carbons (Fsp3) is 0.300. The SMILES string of the molecule is Cl.O=C(O)CCCOc1ccccc1. The van der Waals surface area contributed by atoms with E-state index in [1.165, 1.54) is 0 Å². The van der Waals surface area contributed by atoms with E-state index >= 15 is 0 Å². The van der Waals surface area contributed by atoms with Crippen molar-refractivity contribution < 1.29 is 14.6 Å². The molecule has 0 radical (unpaired) electrons. The Bertz CT molecular complexity index is 261. The molecule has 0 aliphatic carbocycles. The van der Waals surface area contributed by atoms with Crippen LogP contribution in [-0.4, -0.2) is 17.7 Å². The molecule has 0 aliphatic heterocycles. The first kappa shape index (κ1) is 12.8. The number of benzene rings is 1. The lowest BCUT2D eigenvalue weighted by Crippen LogP contribution is -2.01. The van der Waals surface area contributed by atoms with E-state index in [0.717, 1.165) is 5.75 Å². The number of carboxylic acid groups (broad SMARTS) is 1. The van der Waals surface area contributed by atoms with Crippen LogP contribution in [0.2, 0.25) is 0 Å². The molecule has 1 aromatic rings. The van der Waals surface area contributed by atoms with Gasteiger partial charge in [0.2, 0.25) is 0 Å². The Hall–Kier alpha value is -1.22. The maximum atomic E-state index is 10.2. The van der Waals surface area contributed by atoms with Crippen molar-refractivity contribution in [1.82, 2.24) is 0 Å². The van der Waals surface area contributed by atoms with E-state index < -0.39 is 5.97 Å². The molecule has 78 valence electrons. The van der Waals surface area contributed by atoms with Crippen molar-refractivity contribution in [3.63, 3.8) is 0 Å². The summed E-state index contributed by atoms with van der Waals surface area (Å²) in [6.07, 6.45) is 0.705. The van der Waals surface area contributed by atoms with E-state index in [-0.39, 0.29) is 18.8 Å². The number of rotatable bonds is 5. The van der Waals surface area contributed by atoms with Crippen LogP contribution in [0, 0.1) is 0 Å². The smallest absolute Gasteiger partial charge is 0.303 e. The molecule has 0 saturated carbocycles. The largest absolute Gasteiger partial charge is 0.494 e. The summed E-state index contributed by atoms with van der Waals surface area (Å²) in [4.78, 5) is 10.2. The Kier molecular flexibility index (Phi) is 6.58. The molecular weight excluding hydrogens is 204 g/mol. The monoisotopic (exact) mass is 216 g/mol. The zero-order valence-electron chi connectivity index (χ0n) is 7.68. The van der Waals surface area contributed by atoms with Crippen molar-refractivity contribution in [3.05, 3.63) is 30.3 Å². The highest BCUT2D eigenvalue weighted by Gasteiger charge is 1.96. The minimum Gasteiger partial charge on any atom is -0.494 e. The molecule has 0 atom stereocenters. The van der Waals surface area contributed by atoms with Gasteiger partial charge in [-0.1, -0.05) is 18.2 Å². The highest BCUT2D eigenvalue weighted by molar-refractivity contribution is 5.85. The van der Waals surface area contributed by atoms with Crippen LogP contribution in [0.15, 0.2) is 30.3 Å². The van der Waals surface area contributed by atoms with Crippen LogP contribution in [0.1, 0.15) is 12.8 Å². The van der Waals surface area contributed by atoms with Crippen molar-refractivity contribution in [2.45, 2.75) is 12.8 Å². The molecule has 0 spiro atoms. The third kappa shape index (κ3) is 5.43. The first-order valence-corrected chi connectivity index (χ1v) is 4.18. The number of carbonyl (C=O) groups is 1. The first-order valence-electron chi connectivity index (χ1n) is 4.18. The number of hydrogen-bond donors (Lipinski definition) is 1. The summed E-state index contributed by atoms with van der Waals surface area (Å²) in [7, 11) is 0. The van der Waals surface area contributed by atoms with Crippen molar-refractivity contribution in [2.75, 3.05) is 6.61 Å². The number of para-hydroxylation sites is 1. The molecule has 0 unspecified atom stereocenters. The Morgan fingerprint density at radius 1 is 1.29 bits per heavy atom. The zero-order valence-corrected chi connectivity index (χ0v) is 8.50. The van der Waals surface area contributed by atoms with Crippen LogP contribution >= 0.6 is 12.4 Å². The minimum atomic E-state index is -0.781. The summed E-state index contributed by atoms with van der Waals surface area (Å²) in [5.74, 6) is 0.00421. The van der Waals surface area contributed by atoms with Gasteiger partial charge in [0.1, 0.15) is 5.75 Å². The molecule has 0 aliphatic rings. The van der Waals surface area contributed by atoms with Crippen LogP contribution in [0.4, 0.5) is 0 Å². The molecule has 0 amide bonds. The second-order valence-corrected chi connectivity index (χ2v) is 2.66. The van der Waals surface area contributed by atoms with Gasteiger partial charge in [0.25, 0.3) is 0 Å². The molecule has 1 rings (SSSR count). The van der Waals surface area contributed by atoms with Crippen molar-refractivity contribution in [3.8, 4) is 5.75 Å². The van der Waals surface area contributed by atoms with Gasteiger partial charge in [-0.05, 0) is 18.6 Å². The average Bonchev–Trinajstić information content (AvgIpc) is 2.14. The summed E-state index contributed by atoms with van der Waals surface area (Å²) in [6, 6.07) is 9.37. The van der Waals surface area contributed by atoms with Gasteiger partial charge < -0.3 is 9.84 Å². The molecule has 1 aromatic carbocycles. The average molecular weight is 217 g/mol. The van der Waals surface area contributed by atoms with Crippen molar-refractivity contribution >= 4 is 18.4 Å². The number of hydrogen-bond acceptors (Lipinski definition) is 2.